The fraction of sp³-hybridized carbons (Fsp3) is 0.308. The Morgan fingerprint density at radius 3 is 2.33 bits per heavy atom. The van der Waals surface area contributed by atoms with Gasteiger partial charge in [-0.2, -0.15) is 0 Å². The Morgan fingerprint density at radius 1 is 0.935 bits per heavy atom. The summed E-state index contributed by atoms with van der Waals surface area (Å²) in [5.74, 6) is -1.08. The van der Waals surface area contributed by atoms with Gasteiger partial charge in [0.05, 0.1) is 19.9 Å². The van der Waals surface area contributed by atoms with Gasteiger partial charge < -0.3 is 14.4 Å². The van der Waals surface area contributed by atoms with Crippen molar-refractivity contribution in [2.24, 2.45) is 0 Å². The summed E-state index contributed by atoms with van der Waals surface area (Å²) in [6.45, 7) is 11.9. The van der Waals surface area contributed by atoms with Gasteiger partial charge in [0, 0.05) is 47.0 Å². The van der Waals surface area contributed by atoms with Crippen molar-refractivity contribution in [3.8, 4) is 22.5 Å². The summed E-state index contributed by atoms with van der Waals surface area (Å²) in [7, 11) is -1.61. The molecule has 0 aliphatic rings. The average molecular weight is 815 g/mol. The van der Waals surface area contributed by atoms with Gasteiger partial charge >= 0.3 is 0 Å². The van der Waals surface area contributed by atoms with Gasteiger partial charge in [-0.15, -0.1) is 53.6 Å². The van der Waals surface area contributed by atoms with Crippen molar-refractivity contribution in [2.45, 2.75) is 79.3 Å². The second kappa shape index (κ2) is 13.7. The second-order valence-electron chi connectivity index (χ2n) is 13.4. The smallest absolute Gasteiger partial charge is 0.216 e. The molecule has 0 aliphatic heterocycles. The van der Waals surface area contributed by atoms with Crippen molar-refractivity contribution in [1.29, 1.82) is 0 Å². The number of hydrogen-bond donors (Lipinski definition) is 0. The molecule has 6 aromatic rings. The minimum atomic E-state index is -2.32. The Labute approximate surface area is 297 Å². The third-order valence-electron chi connectivity index (χ3n) is 7.56. The number of benzene rings is 2. The van der Waals surface area contributed by atoms with E-state index in [4.69, 9.17) is 14.0 Å². The molecular formula is C39H42FIrN3OSi-2. The molecule has 4 aromatic heterocycles. The monoisotopic (exact) mass is 815 g/mol. The molecule has 1 radical (unpaired) electrons. The van der Waals surface area contributed by atoms with E-state index in [1.165, 1.54) is 23.5 Å². The van der Waals surface area contributed by atoms with Gasteiger partial charge in [0.1, 0.15) is 5.82 Å². The molecule has 0 atom stereocenters. The molecule has 0 N–H and O–H groups in total. The van der Waals surface area contributed by atoms with Crippen LogP contribution >= 0.6 is 0 Å². The third-order valence-corrected chi connectivity index (χ3v) is 9.57. The summed E-state index contributed by atoms with van der Waals surface area (Å²) < 4.78 is 73.6. The van der Waals surface area contributed by atoms with Crippen molar-refractivity contribution in [3.05, 3.63) is 107 Å². The minimum absolute atomic E-state index is 0. The Hall–Kier alpha value is -3.51. The first-order chi connectivity index (χ1) is 23.9. The van der Waals surface area contributed by atoms with Crippen molar-refractivity contribution in [1.82, 2.24) is 15.0 Å². The minimum Gasteiger partial charge on any atom is -0.486 e. The SMILES string of the molecule is [2H]C([2H])([2H])c1c[c-]c(-c2cc(C([2H])(C)C)c([Si](C)(C)C)cn2)cc1.[2H]C([2H])([2H])c1ccc2c(n1)oc1c(-c3cc(C(C)(C)C)c(F)cn3)[c-]ccc12.[Ir]. The summed E-state index contributed by atoms with van der Waals surface area (Å²) in [4.78, 5) is 13.0. The Kier molecular flexibility index (Phi) is 7.90. The Bertz CT molecular complexity index is 2250. The van der Waals surface area contributed by atoms with Gasteiger partial charge in [-0.05, 0) is 52.4 Å². The molecule has 0 bridgehead atoms. The van der Waals surface area contributed by atoms with E-state index >= 15 is 0 Å². The number of aryl methyl sites for hydroxylation is 2. The van der Waals surface area contributed by atoms with Crippen LogP contribution in [0.2, 0.25) is 19.6 Å². The van der Waals surface area contributed by atoms with Crippen LogP contribution in [0.1, 0.15) is 72.5 Å². The molecule has 4 heterocycles. The van der Waals surface area contributed by atoms with Crippen LogP contribution in [0.3, 0.4) is 0 Å². The van der Waals surface area contributed by atoms with Gasteiger partial charge in [-0.3, -0.25) is 0 Å². The van der Waals surface area contributed by atoms with Crippen LogP contribution in [-0.2, 0) is 25.5 Å². The fourth-order valence-electron chi connectivity index (χ4n) is 5.16. The molecule has 46 heavy (non-hydrogen) atoms. The number of fused-ring (bicyclic) bond motifs is 3. The molecule has 0 saturated carbocycles. The number of aromatic nitrogens is 3. The molecule has 241 valence electrons. The quantitative estimate of drug-likeness (QED) is 0.131. The van der Waals surface area contributed by atoms with Gasteiger partial charge in [0.2, 0.25) is 5.71 Å². The average Bonchev–Trinajstić information content (AvgIpc) is 3.41. The summed E-state index contributed by atoms with van der Waals surface area (Å²) in [5, 5.41) is 2.67. The molecule has 0 saturated heterocycles. The third kappa shape index (κ3) is 7.54. The van der Waals surface area contributed by atoms with Gasteiger partial charge in [-0.1, -0.05) is 89.8 Å². The zero-order valence-electron chi connectivity index (χ0n) is 34.3. The Morgan fingerprint density at radius 2 is 1.70 bits per heavy atom. The van der Waals surface area contributed by atoms with E-state index in [0.717, 1.165) is 22.2 Å². The van der Waals surface area contributed by atoms with E-state index in [0.29, 0.717) is 27.8 Å². The first-order valence-electron chi connectivity index (χ1n) is 18.3. The van der Waals surface area contributed by atoms with E-state index in [2.05, 4.69) is 46.7 Å². The molecule has 0 fully saturated rings. The maximum atomic E-state index is 14.3. The topological polar surface area (TPSA) is 51.8 Å². The van der Waals surface area contributed by atoms with Crippen LogP contribution in [0, 0.1) is 31.7 Å². The summed E-state index contributed by atoms with van der Waals surface area (Å²) in [6.07, 6.45) is 3.09. The first-order valence-corrected chi connectivity index (χ1v) is 18.3. The standard InChI is InChI=1S/C21H18FN2O.C18H24NSi.Ir/c1-12-8-9-14-13-6-5-7-15(19(13)25-20(14)24-12)18-10-16(21(2,3)4)17(22)11-23-18;1-13(2)16-11-17(15-9-7-14(3)8-10-15)19-12-18(16)20(4,5)6;/h5-6,8-11H,1-4H3;7-9,11-13H,1-6H3;/q2*-1;/i1D3;3D3,13D;. The van der Waals surface area contributed by atoms with Gasteiger partial charge in [-0.25, -0.2) is 9.37 Å². The summed E-state index contributed by atoms with van der Waals surface area (Å²) >= 11 is 0. The van der Waals surface area contributed by atoms with Crippen LogP contribution in [0.4, 0.5) is 4.39 Å². The Balaban J connectivity index is 0.000000235. The summed E-state index contributed by atoms with van der Waals surface area (Å²) in [6, 6.07) is 21.4. The van der Waals surface area contributed by atoms with E-state index in [1.54, 1.807) is 30.3 Å². The fourth-order valence-corrected chi connectivity index (χ4v) is 6.74. The number of halogens is 1. The molecule has 6 rings (SSSR count). The van der Waals surface area contributed by atoms with Gasteiger partial charge in [0.25, 0.3) is 0 Å². The predicted octanol–water partition coefficient (Wildman–Crippen LogP) is 10.1. The molecule has 0 unspecified atom stereocenters. The van der Waals surface area contributed by atoms with Crippen molar-refractivity contribution in [2.75, 3.05) is 0 Å². The van der Waals surface area contributed by atoms with Crippen molar-refractivity contribution in [3.63, 3.8) is 0 Å². The summed E-state index contributed by atoms with van der Waals surface area (Å²) in [5.41, 5.74) is 4.70. The zero-order chi connectivity index (χ0) is 38.6. The van der Waals surface area contributed by atoms with Crippen LogP contribution < -0.4 is 5.19 Å². The van der Waals surface area contributed by atoms with Crippen molar-refractivity contribution >= 4 is 35.3 Å². The first kappa shape index (κ1) is 26.5. The molecule has 2 aromatic carbocycles. The normalized spacial score (nSPS) is 14.8. The molecule has 7 heteroatoms. The number of pyridine rings is 3. The number of rotatable bonds is 4. The molecular weight excluding hydrogens is 766 g/mol. The maximum absolute atomic E-state index is 14.3. The predicted molar refractivity (Wildman–Crippen MR) is 187 cm³/mol. The molecule has 0 amide bonds. The van der Waals surface area contributed by atoms with Crippen LogP contribution in [0.5, 0.6) is 0 Å². The largest absolute Gasteiger partial charge is 0.486 e. The van der Waals surface area contributed by atoms with Crippen LogP contribution in [-0.4, -0.2) is 23.0 Å². The van der Waals surface area contributed by atoms with Crippen LogP contribution in [0.25, 0.3) is 44.6 Å². The maximum Gasteiger partial charge on any atom is 0.216 e. The molecule has 4 nitrogen and oxygen atoms in total. The van der Waals surface area contributed by atoms with E-state index < -0.39 is 27.7 Å². The number of hydrogen-bond acceptors (Lipinski definition) is 4. The van der Waals surface area contributed by atoms with E-state index in [1.807, 2.05) is 52.9 Å². The van der Waals surface area contributed by atoms with E-state index in [9.17, 15) is 4.39 Å². The van der Waals surface area contributed by atoms with E-state index in [-0.39, 0.29) is 48.3 Å². The zero-order valence-corrected chi connectivity index (χ0v) is 30.7. The van der Waals surface area contributed by atoms with Gasteiger partial charge in [0.15, 0.2) is 0 Å². The van der Waals surface area contributed by atoms with Crippen LogP contribution in [0.15, 0.2) is 71.4 Å². The number of furan rings is 1. The number of nitrogens with zero attached hydrogens (tertiary/aromatic N) is 3. The second-order valence-corrected chi connectivity index (χ2v) is 18.4. The van der Waals surface area contributed by atoms with Crippen molar-refractivity contribution < 1.29 is 38.5 Å². The molecule has 0 aliphatic carbocycles. The molecule has 0 spiro atoms.